The minimum absolute atomic E-state index is 0.0622. The monoisotopic (exact) mass is 787 g/mol. The van der Waals surface area contributed by atoms with Crippen molar-refractivity contribution in [2.45, 2.75) is 89.7 Å². The SMILES string of the molecule is CC(C)c1nc(CN(C)C(=O)N[C@@H](CCn2c(O)ccc2O)C(=O)N[C@H](CC[C@H](Cc2ccccc2)NC(=O)OCc2cncs2)Cc2ccccc2)cs1. The fourth-order valence-corrected chi connectivity index (χ4v) is 7.38. The van der Waals surface area contributed by atoms with Crippen LogP contribution in [0, 0.1) is 0 Å². The topological polar surface area (TPSA) is 171 Å². The molecule has 292 valence electrons. The molecule has 0 aliphatic heterocycles. The van der Waals surface area contributed by atoms with Crippen molar-refractivity contribution in [2.24, 2.45) is 0 Å². The lowest BCUT2D eigenvalue weighted by atomic mass is 9.95. The second-order valence-electron chi connectivity index (χ2n) is 13.7. The van der Waals surface area contributed by atoms with E-state index in [1.165, 1.54) is 32.9 Å². The van der Waals surface area contributed by atoms with Gasteiger partial charge in [0.05, 0.1) is 27.6 Å². The number of carbonyl (C=O) groups is 3. The molecule has 5 rings (SSSR count). The van der Waals surface area contributed by atoms with E-state index in [1.54, 1.807) is 30.1 Å². The Balaban J connectivity index is 1.31. The molecule has 0 bridgehead atoms. The third-order valence-corrected chi connectivity index (χ3v) is 11.0. The molecule has 15 heteroatoms. The second kappa shape index (κ2) is 20.3. The van der Waals surface area contributed by atoms with Gasteiger partial charge in [0.15, 0.2) is 11.8 Å². The van der Waals surface area contributed by atoms with Crippen LogP contribution < -0.4 is 16.0 Å². The van der Waals surface area contributed by atoms with Crippen molar-refractivity contribution < 1.29 is 29.3 Å². The molecule has 2 aromatic carbocycles. The number of carbonyl (C=O) groups excluding carboxylic acids is 3. The Morgan fingerprint density at radius 3 is 2.02 bits per heavy atom. The Bertz CT molecular complexity index is 1920. The highest BCUT2D eigenvalue weighted by Crippen LogP contribution is 2.23. The first-order chi connectivity index (χ1) is 26.5. The van der Waals surface area contributed by atoms with Crippen molar-refractivity contribution in [1.82, 2.24) is 35.4 Å². The summed E-state index contributed by atoms with van der Waals surface area (Å²) in [6, 6.07) is 20.2. The van der Waals surface area contributed by atoms with Crippen LogP contribution in [0.25, 0.3) is 0 Å². The summed E-state index contributed by atoms with van der Waals surface area (Å²) in [5.41, 5.74) is 4.49. The van der Waals surface area contributed by atoms with E-state index in [-0.39, 0.29) is 55.9 Å². The highest BCUT2D eigenvalue weighted by Gasteiger charge is 2.27. The van der Waals surface area contributed by atoms with Gasteiger partial charge in [-0.05, 0) is 43.2 Å². The van der Waals surface area contributed by atoms with Crippen molar-refractivity contribution >= 4 is 40.7 Å². The predicted octanol–water partition coefficient (Wildman–Crippen LogP) is 6.58. The van der Waals surface area contributed by atoms with Gasteiger partial charge >= 0.3 is 12.1 Å². The van der Waals surface area contributed by atoms with Crippen LogP contribution in [-0.4, -0.2) is 72.9 Å². The van der Waals surface area contributed by atoms with E-state index in [4.69, 9.17) is 4.74 Å². The van der Waals surface area contributed by atoms with Gasteiger partial charge in [-0.2, -0.15) is 0 Å². The summed E-state index contributed by atoms with van der Waals surface area (Å²) in [6.45, 7) is 4.56. The van der Waals surface area contributed by atoms with Crippen LogP contribution in [0.5, 0.6) is 11.8 Å². The van der Waals surface area contributed by atoms with Crippen molar-refractivity contribution in [2.75, 3.05) is 7.05 Å². The fraction of sp³-hybridized carbons (Fsp3) is 0.375. The van der Waals surface area contributed by atoms with Gasteiger partial charge in [-0.25, -0.2) is 14.6 Å². The van der Waals surface area contributed by atoms with E-state index in [2.05, 4.69) is 39.8 Å². The lowest BCUT2D eigenvalue weighted by Crippen LogP contribution is -2.53. The summed E-state index contributed by atoms with van der Waals surface area (Å²) < 4.78 is 6.77. The largest absolute Gasteiger partial charge is 0.494 e. The Labute approximate surface area is 329 Å². The van der Waals surface area contributed by atoms with Crippen LogP contribution in [0.4, 0.5) is 9.59 Å². The van der Waals surface area contributed by atoms with Gasteiger partial charge < -0.3 is 35.8 Å². The number of amides is 4. The molecule has 0 radical (unpaired) electrons. The number of hydrogen-bond acceptors (Lipinski definition) is 10. The number of aromatic hydroxyl groups is 2. The lowest BCUT2D eigenvalue weighted by Gasteiger charge is -2.27. The molecule has 0 fully saturated rings. The number of nitrogens with one attached hydrogen (secondary N) is 3. The van der Waals surface area contributed by atoms with E-state index in [9.17, 15) is 24.6 Å². The summed E-state index contributed by atoms with van der Waals surface area (Å²) in [4.78, 5) is 51.7. The van der Waals surface area contributed by atoms with Crippen LogP contribution in [0.3, 0.4) is 0 Å². The molecule has 55 heavy (non-hydrogen) atoms. The maximum Gasteiger partial charge on any atom is 0.407 e. The van der Waals surface area contributed by atoms with Gasteiger partial charge in [0.2, 0.25) is 5.91 Å². The van der Waals surface area contributed by atoms with E-state index in [0.29, 0.717) is 25.7 Å². The maximum absolute atomic E-state index is 14.2. The molecule has 0 unspecified atom stereocenters. The molecular formula is C40H49N7O6S2. The zero-order chi connectivity index (χ0) is 39.2. The van der Waals surface area contributed by atoms with Crippen LogP contribution in [0.2, 0.25) is 0 Å². The Hall–Kier alpha value is -5.41. The van der Waals surface area contributed by atoms with Crippen LogP contribution in [0.1, 0.15) is 65.7 Å². The van der Waals surface area contributed by atoms with Gasteiger partial charge in [-0.3, -0.25) is 14.3 Å². The number of benzene rings is 2. The van der Waals surface area contributed by atoms with Crippen molar-refractivity contribution in [3.63, 3.8) is 0 Å². The number of hydrogen-bond donors (Lipinski definition) is 5. The van der Waals surface area contributed by atoms with E-state index in [1.807, 2.05) is 66.0 Å². The quantitative estimate of drug-likeness (QED) is 0.0625. The first-order valence-electron chi connectivity index (χ1n) is 18.3. The third kappa shape index (κ3) is 12.9. The van der Waals surface area contributed by atoms with E-state index >= 15 is 0 Å². The molecule has 3 aromatic heterocycles. The van der Waals surface area contributed by atoms with Gasteiger partial charge in [0.25, 0.3) is 0 Å². The number of nitrogens with zero attached hydrogens (tertiary/aromatic N) is 4. The number of rotatable bonds is 19. The normalized spacial score (nSPS) is 12.8. The zero-order valence-electron chi connectivity index (χ0n) is 31.3. The summed E-state index contributed by atoms with van der Waals surface area (Å²) in [7, 11) is 1.64. The molecule has 0 aliphatic rings. The fourth-order valence-electron chi connectivity index (χ4n) is 6.05. The van der Waals surface area contributed by atoms with Crippen molar-refractivity contribution in [3.05, 3.63) is 117 Å². The Morgan fingerprint density at radius 1 is 0.836 bits per heavy atom. The highest BCUT2D eigenvalue weighted by atomic mass is 32.1. The maximum atomic E-state index is 14.2. The van der Waals surface area contributed by atoms with Gasteiger partial charge in [-0.1, -0.05) is 74.5 Å². The van der Waals surface area contributed by atoms with Gasteiger partial charge in [0, 0.05) is 55.3 Å². The number of urea groups is 1. The summed E-state index contributed by atoms with van der Waals surface area (Å²) in [5.74, 6) is -0.465. The molecule has 13 nitrogen and oxygen atoms in total. The molecule has 3 atom stereocenters. The zero-order valence-corrected chi connectivity index (χ0v) is 32.9. The van der Waals surface area contributed by atoms with E-state index < -0.39 is 24.1 Å². The van der Waals surface area contributed by atoms with Crippen molar-refractivity contribution in [1.29, 1.82) is 0 Å². The summed E-state index contributed by atoms with van der Waals surface area (Å²) in [6.07, 6.45) is 3.26. The van der Waals surface area contributed by atoms with Gasteiger partial charge in [0.1, 0.15) is 12.6 Å². The molecule has 0 spiro atoms. The van der Waals surface area contributed by atoms with Gasteiger partial charge in [-0.15, -0.1) is 22.7 Å². The van der Waals surface area contributed by atoms with Crippen LogP contribution >= 0.6 is 22.7 Å². The molecule has 5 aromatic rings. The Morgan fingerprint density at radius 2 is 1.45 bits per heavy atom. The van der Waals surface area contributed by atoms with Crippen LogP contribution in [0.15, 0.2) is 89.9 Å². The third-order valence-electron chi connectivity index (χ3n) is 9.01. The molecule has 0 saturated carbocycles. The molecule has 4 amide bonds. The molecule has 3 heterocycles. The standard InChI is InChI=1S/C40H49N7O6S2/c1-27(2)38-43-32(25-54-38)23-46(3)39(51)45-34(18-19-47-35(48)16-17-36(47)49)37(50)42-30(20-28-10-6-4-7-11-28)14-15-31(21-29-12-8-5-9-13-29)44-40(52)53-24-33-22-41-26-55-33/h4-13,16-17,22,25-27,30-31,34,48-49H,14-15,18-21,23-24H2,1-3H3,(H,42,50)(H,44,52)(H,45,51)/t30-,31-,34+/m1/s1. The average molecular weight is 788 g/mol. The second-order valence-corrected chi connectivity index (χ2v) is 15.6. The van der Waals surface area contributed by atoms with E-state index in [0.717, 1.165) is 26.7 Å². The van der Waals surface area contributed by atoms with Crippen molar-refractivity contribution in [3.8, 4) is 11.8 Å². The number of ether oxygens (including phenoxy) is 1. The first-order valence-corrected chi connectivity index (χ1v) is 20.0. The lowest BCUT2D eigenvalue weighted by molar-refractivity contribution is -0.124. The summed E-state index contributed by atoms with van der Waals surface area (Å²) >= 11 is 2.95. The molecule has 5 N–H and O–H groups in total. The molecular weight excluding hydrogens is 739 g/mol. The minimum Gasteiger partial charge on any atom is -0.494 e. The number of alkyl carbamates (subject to hydrolysis) is 1. The molecule has 0 aliphatic carbocycles. The van der Waals surface area contributed by atoms with Crippen LogP contribution in [-0.2, 0) is 42.1 Å². The molecule has 0 saturated heterocycles. The predicted molar refractivity (Wildman–Crippen MR) is 213 cm³/mol. The average Bonchev–Trinajstić information content (AvgIpc) is 3.94. The smallest absolute Gasteiger partial charge is 0.407 e. The number of aromatic nitrogens is 3. The summed E-state index contributed by atoms with van der Waals surface area (Å²) in [5, 5.41) is 32.6. The highest BCUT2D eigenvalue weighted by molar-refractivity contribution is 7.09. The number of thiazole rings is 2. The minimum atomic E-state index is -1.02. The first kappa shape index (κ1) is 40.8. The Kier molecular flexibility index (Phi) is 15.1.